The van der Waals surface area contributed by atoms with Crippen molar-refractivity contribution < 1.29 is 4.74 Å². The highest BCUT2D eigenvalue weighted by atomic mass is 16.5. The van der Waals surface area contributed by atoms with Gasteiger partial charge in [0, 0.05) is 6.61 Å². The number of hydrogen-bond donors (Lipinski definition) is 0. The Bertz CT molecular complexity index is 332. The Balaban J connectivity index is 2.43. The minimum atomic E-state index is -0.0508. The fourth-order valence-corrected chi connectivity index (χ4v) is 2.67. The minimum absolute atomic E-state index is 0.0508. The van der Waals surface area contributed by atoms with Gasteiger partial charge in [-0.1, -0.05) is 31.2 Å². The molecule has 2 rings (SSSR count). The quantitative estimate of drug-likeness (QED) is 0.694. The van der Waals surface area contributed by atoms with Crippen molar-refractivity contribution in [1.29, 1.82) is 0 Å². The Morgan fingerprint density at radius 2 is 2.14 bits per heavy atom. The molecule has 0 bridgehead atoms. The lowest BCUT2D eigenvalue weighted by Gasteiger charge is -2.25. The molecule has 1 aliphatic rings. The maximum Gasteiger partial charge on any atom is 0.0911 e. The molecule has 0 fully saturated rings. The van der Waals surface area contributed by atoms with Crippen LogP contribution < -0.4 is 0 Å². The molecule has 1 nitrogen and oxygen atoms in total. The standard InChI is InChI=1S/C13H18O/c1-4-14-13(3)9-10(2)11-7-5-6-8-12(11)13/h5-8,10H,4,9H2,1-3H3. The minimum Gasteiger partial charge on any atom is -0.371 e. The Hall–Kier alpha value is -0.820. The third-order valence-corrected chi connectivity index (χ3v) is 3.22. The summed E-state index contributed by atoms with van der Waals surface area (Å²) in [6.07, 6.45) is 1.11. The molecule has 1 aromatic rings. The summed E-state index contributed by atoms with van der Waals surface area (Å²) in [6.45, 7) is 7.34. The summed E-state index contributed by atoms with van der Waals surface area (Å²) < 4.78 is 5.89. The van der Waals surface area contributed by atoms with Crippen LogP contribution in [0.5, 0.6) is 0 Å². The molecular formula is C13H18O. The third kappa shape index (κ3) is 1.36. The Kier molecular flexibility index (Phi) is 2.36. The van der Waals surface area contributed by atoms with E-state index in [0.29, 0.717) is 5.92 Å². The summed E-state index contributed by atoms with van der Waals surface area (Å²) in [6, 6.07) is 8.65. The second-order valence-electron chi connectivity index (χ2n) is 4.36. The van der Waals surface area contributed by atoms with Gasteiger partial charge in [0.15, 0.2) is 0 Å². The smallest absolute Gasteiger partial charge is 0.0911 e. The first-order valence-electron chi connectivity index (χ1n) is 5.41. The lowest BCUT2D eigenvalue weighted by molar-refractivity contribution is -0.0304. The van der Waals surface area contributed by atoms with E-state index in [1.165, 1.54) is 11.1 Å². The topological polar surface area (TPSA) is 9.23 Å². The molecule has 0 saturated carbocycles. The molecule has 1 heteroatoms. The largest absolute Gasteiger partial charge is 0.371 e. The van der Waals surface area contributed by atoms with Crippen LogP contribution in [-0.2, 0) is 10.3 Å². The Morgan fingerprint density at radius 3 is 2.86 bits per heavy atom. The van der Waals surface area contributed by atoms with Gasteiger partial charge in [-0.25, -0.2) is 0 Å². The van der Waals surface area contributed by atoms with Gasteiger partial charge in [0.05, 0.1) is 5.60 Å². The zero-order valence-electron chi connectivity index (χ0n) is 9.21. The number of ether oxygens (including phenoxy) is 1. The van der Waals surface area contributed by atoms with E-state index < -0.39 is 0 Å². The third-order valence-electron chi connectivity index (χ3n) is 3.22. The molecule has 0 heterocycles. The van der Waals surface area contributed by atoms with Crippen LogP contribution in [0.15, 0.2) is 24.3 Å². The van der Waals surface area contributed by atoms with Crippen LogP contribution in [0.25, 0.3) is 0 Å². The van der Waals surface area contributed by atoms with E-state index in [9.17, 15) is 0 Å². The van der Waals surface area contributed by atoms with Crippen LogP contribution in [0, 0.1) is 0 Å². The van der Waals surface area contributed by atoms with Gasteiger partial charge in [-0.15, -0.1) is 0 Å². The zero-order valence-corrected chi connectivity index (χ0v) is 9.21. The van der Waals surface area contributed by atoms with E-state index in [-0.39, 0.29) is 5.60 Å². The second-order valence-corrected chi connectivity index (χ2v) is 4.36. The fraction of sp³-hybridized carbons (Fsp3) is 0.538. The van der Waals surface area contributed by atoms with Gasteiger partial charge >= 0.3 is 0 Å². The molecule has 2 unspecified atom stereocenters. The highest BCUT2D eigenvalue weighted by Crippen LogP contribution is 2.46. The van der Waals surface area contributed by atoms with Crippen LogP contribution in [0.2, 0.25) is 0 Å². The summed E-state index contributed by atoms with van der Waals surface area (Å²) in [5.41, 5.74) is 2.79. The van der Waals surface area contributed by atoms with Crippen LogP contribution >= 0.6 is 0 Å². The number of fused-ring (bicyclic) bond motifs is 1. The van der Waals surface area contributed by atoms with Gasteiger partial charge in [-0.05, 0) is 37.3 Å². The predicted molar refractivity (Wildman–Crippen MR) is 58.5 cm³/mol. The van der Waals surface area contributed by atoms with Crippen molar-refractivity contribution in [3.05, 3.63) is 35.4 Å². The average Bonchev–Trinajstić information content (AvgIpc) is 2.41. The number of hydrogen-bond acceptors (Lipinski definition) is 1. The molecule has 0 N–H and O–H groups in total. The Labute approximate surface area is 86.1 Å². The summed E-state index contributed by atoms with van der Waals surface area (Å²) in [5.74, 6) is 0.628. The molecule has 0 aliphatic heterocycles. The Morgan fingerprint density at radius 1 is 1.43 bits per heavy atom. The average molecular weight is 190 g/mol. The number of rotatable bonds is 2. The zero-order chi connectivity index (χ0) is 10.2. The van der Waals surface area contributed by atoms with E-state index in [4.69, 9.17) is 4.74 Å². The summed E-state index contributed by atoms with van der Waals surface area (Å²) in [5, 5.41) is 0. The fourth-order valence-electron chi connectivity index (χ4n) is 2.67. The first-order chi connectivity index (χ1) is 6.67. The van der Waals surface area contributed by atoms with E-state index in [2.05, 4.69) is 45.0 Å². The van der Waals surface area contributed by atoms with Crippen LogP contribution in [-0.4, -0.2) is 6.61 Å². The van der Waals surface area contributed by atoms with Crippen molar-refractivity contribution in [2.24, 2.45) is 0 Å². The van der Waals surface area contributed by atoms with Crippen molar-refractivity contribution in [2.45, 2.75) is 38.7 Å². The lowest BCUT2D eigenvalue weighted by atomic mass is 9.98. The molecule has 1 aliphatic carbocycles. The van der Waals surface area contributed by atoms with Gasteiger partial charge in [0.2, 0.25) is 0 Å². The van der Waals surface area contributed by atoms with E-state index in [1.807, 2.05) is 0 Å². The van der Waals surface area contributed by atoms with E-state index in [0.717, 1.165) is 13.0 Å². The normalized spacial score (nSPS) is 30.4. The molecule has 0 radical (unpaired) electrons. The molecular weight excluding hydrogens is 172 g/mol. The first kappa shape index (κ1) is 9.72. The highest BCUT2D eigenvalue weighted by molar-refractivity contribution is 5.39. The molecule has 76 valence electrons. The van der Waals surface area contributed by atoms with Crippen LogP contribution in [0.3, 0.4) is 0 Å². The van der Waals surface area contributed by atoms with Gasteiger partial charge in [0.1, 0.15) is 0 Å². The predicted octanol–water partition coefficient (Wildman–Crippen LogP) is 3.45. The van der Waals surface area contributed by atoms with E-state index >= 15 is 0 Å². The first-order valence-corrected chi connectivity index (χ1v) is 5.41. The van der Waals surface area contributed by atoms with Crippen molar-refractivity contribution in [1.82, 2.24) is 0 Å². The maximum absolute atomic E-state index is 5.89. The van der Waals surface area contributed by atoms with Gasteiger partial charge in [-0.3, -0.25) is 0 Å². The summed E-state index contributed by atoms with van der Waals surface area (Å²) in [4.78, 5) is 0. The second kappa shape index (κ2) is 3.39. The van der Waals surface area contributed by atoms with Gasteiger partial charge < -0.3 is 4.74 Å². The van der Waals surface area contributed by atoms with Crippen molar-refractivity contribution in [3.8, 4) is 0 Å². The number of benzene rings is 1. The van der Waals surface area contributed by atoms with E-state index in [1.54, 1.807) is 0 Å². The molecule has 0 amide bonds. The summed E-state index contributed by atoms with van der Waals surface area (Å²) >= 11 is 0. The molecule has 1 aromatic carbocycles. The molecule has 0 aromatic heterocycles. The molecule has 14 heavy (non-hydrogen) atoms. The van der Waals surface area contributed by atoms with Crippen LogP contribution in [0.1, 0.15) is 44.2 Å². The van der Waals surface area contributed by atoms with Gasteiger partial charge in [0.25, 0.3) is 0 Å². The molecule has 0 spiro atoms. The highest BCUT2D eigenvalue weighted by Gasteiger charge is 2.38. The van der Waals surface area contributed by atoms with Crippen LogP contribution in [0.4, 0.5) is 0 Å². The maximum atomic E-state index is 5.89. The summed E-state index contributed by atoms with van der Waals surface area (Å²) in [7, 11) is 0. The van der Waals surface area contributed by atoms with Crippen molar-refractivity contribution in [2.75, 3.05) is 6.61 Å². The SMILES string of the molecule is CCOC1(C)CC(C)c2ccccc21. The lowest BCUT2D eigenvalue weighted by Crippen LogP contribution is -2.22. The van der Waals surface area contributed by atoms with Crippen molar-refractivity contribution in [3.63, 3.8) is 0 Å². The molecule has 0 saturated heterocycles. The molecule has 2 atom stereocenters. The monoisotopic (exact) mass is 190 g/mol. The van der Waals surface area contributed by atoms with Crippen molar-refractivity contribution >= 4 is 0 Å². The van der Waals surface area contributed by atoms with Gasteiger partial charge in [-0.2, -0.15) is 0 Å².